The van der Waals surface area contributed by atoms with Crippen LogP contribution in [0.25, 0.3) is 5.57 Å². The Bertz CT molecular complexity index is 313. The third kappa shape index (κ3) is 4.28. The zero-order valence-electron chi connectivity index (χ0n) is 10.1. The lowest BCUT2D eigenvalue weighted by Gasteiger charge is -2.14. The molecule has 0 amide bonds. The fourth-order valence-corrected chi connectivity index (χ4v) is 1.56. The highest BCUT2D eigenvalue weighted by atomic mass is 15.1. The first-order valence-corrected chi connectivity index (χ1v) is 5.30. The number of nitrogens with zero attached hydrogens (tertiary/aromatic N) is 1. The average molecular weight is 205 g/mol. The number of quaternary nitrogens is 1. The molecule has 1 aromatic rings. The van der Waals surface area contributed by atoms with Crippen molar-refractivity contribution >= 4 is 5.57 Å². The van der Waals surface area contributed by atoms with Crippen molar-refractivity contribution in [3.05, 3.63) is 42.1 Å². The molecule has 1 N–H and O–H groups in total. The van der Waals surface area contributed by atoms with Gasteiger partial charge < -0.3 is 9.80 Å². The monoisotopic (exact) mass is 205 g/mol. The third-order valence-electron chi connectivity index (χ3n) is 2.09. The molecule has 1 rings (SSSR count). The van der Waals surface area contributed by atoms with E-state index in [0.29, 0.717) is 0 Å². The maximum Gasteiger partial charge on any atom is 0.0989 e. The Balaban J connectivity index is 2.92. The van der Waals surface area contributed by atoms with E-state index in [9.17, 15) is 0 Å². The number of hydrogen-bond donors (Lipinski definition) is 1. The first-order chi connectivity index (χ1) is 7.09. The van der Waals surface area contributed by atoms with Gasteiger partial charge in [0.15, 0.2) is 0 Å². The van der Waals surface area contributed by atoms with Gasteiger partial charge >= 0.3 is 0 Å². The van der Waals surface area contributed by atoms with Crippen LogP contribution in [0.5, 0.6) is 0 Å². The van der Waals surface area contributed by atoms with Crippen LogP contribution in [0, 0.1) is 0 Å². The van der Waals surface area contributed by atoms with Crippen LogP contribution >= 0.6 is 0 Å². The summed E-state index contributed by atoms with van der Waals surface area (Å²) >= 11 is 0. The number of likely N-dealkylation sites (N-methyl/N-ethyl adjacent to an activating group) is 1. The summed E-state index contributed by atoms with van der Waals surface area (Å²) in [6.07, 6.45) is 2.26. The quantitative estimate of drug-likeness (QED) is 0.761. The Morgan fingerprint density at radius 3 is 2.27 bits per heavy atom. The first-order valence-electron chi connectivity index (χ1n) is 5.30. The standard InChI is InChI=1S/C13H20N2/c1-14(2)10-13(11-15(3)4)12-8-6-5-7-9-12/h5-10H,11H2,1-4H3/p+1/b13-10-. The van der Waals surface area contributed by atoms with Gasteiger partial charge in [-0.25, -0.2) is 0 Å². The minimum atomic E-state index is 0.981. The predicted molar refractivity (Wildman–Crippen MR) is 65.8 cm³/mol. The molecule has 0 fully saturated rings. The van der Waals surface area contributed by atoms with Gasteiger partial charge in [0.05, 0.1) is 20.3 Å². The molecule has 1 aromatic carbocycles. The highest BCUT2D eigenvalue weighted by Crippen LogP contribution is 2.12. The van der Waals surface area contributed by atoms with Crippen molar-refractivity contribution in [3.63, 3.8) is 0 Å². The summed E-state index contributed by atoms with van der Waals surface area (Å²) < 4.78 is 0. The normalized spacial score (nSPS) is 12.5. The summed E-state index contributed by atoms with van der Waals surface area (Å²) in [6.45, 7) is 0.981. The van der Waals surface area contributed by atoms with Gasteiger partial charge in [0, 0.05) is 12.1 Å². The Kier molecular flexibility index (Phi) is 4.53. The second-order valence-corrected chi connectivity index (χ2v) is 4.35. The molecule has 0 aliphatic rings. The van der Waals surface area contributed by atoms with Crippen LogP contribution in [0.1, 0.15) is 5.56 Å². The number of hydrogen-bond acceptors (Lipinski definition) is 1. The minimum absolute atomic E-state index is 0.981. The second-order valence-electron chi connectivity index (χ2n) is 4.35. The smallest absolute Gasteiger partial charge is 0.0989 e. The fourth-order valence-electron chi connectivity index (χ4n) is 1.56. The Morgan fingerprint density at radius 1 is 1.20 bits per heavy atom. The second kappa shape index (κ2) is 5.69. The van der Waals surface area contributed by atoms with Gasteiger partial charge in [-0.05, 0) is 19.7 Å². The lowest BCUT2D eigenvalue weighted by atomic mass is 10.1. The largest absolute Gasteiger partial charge is 0.313 e. The summed E-state index contributed by atoms with van der Waals surface area (Å²) in [7, 11) is 8.47. The average Bonchev–Trinajstić information content (AvgIpc) is 2.17. The molecule has 0 unspecified atom stereocenters. The van der Waals surface area contributed by atoms with E-state index in [4.69, 9.17) is 0 Å². The maximum absolute atomic E-state index is 2.26. The van der Waals surface area contributed by atoms with Gasteiger partial charge in [0.25, 0.3) is 0 Å². The first kappa shape index (κ1) is 12.0. The molecule has 0 saturated carbocycles. The van der Waals surface area contributed by atoms with Crippen molar-refractivity contribution in [2.24, 2.45) is 0 Å². The van der Waals surface area contributed by atoms with Crippen molar-refractivity contribution < 1.29 is 4.90 Å². The summed E-state index contributed by atoms with van der Waals surface area (Å²) in [5, 5.41) is 0. The summed E-state index contributed by atoms with van der Waals surface area (Å²) in [5.41, 5.74) is 2.69. The van der Waals surface area contributed by atoms with Crippen molar-refractivity contribution in [2.75, 3.05) is 34.7 Å². The number of rotatable bonds is 4. The van der Waals surface area contributed by atoms with Crippen LogP contribution in [0.4, 0.5) is 0 Å². The molecule has 82 valence electrons. The molecule has 0 aliphatic carbocycles. The molecule has 0 spiro atoms. The van der Waals surface area contributed by atoms with E-state index in [1.165, 1.54) is 16.0 Å². The fraction of sp³-hybridized carbons (Fsp3) is 0.385. The molecule has 0 bridgehead atoms. The predicted octanol–water partition coefficient (Wildman–Crippen LogP) is 0.734. The van der Waals surface area contributed by atoms with E-state index in [-0.39, 0.29) is 0 Å². The number of benzene rings is 1. The highest BCUT2D eigenvalue weighted by molar-refractivity contribution is 5.65. The van der Waals surface area contributed by atoms with E-state index >= 15 is 0 Å². The van der Waals surface area contributed by atoms with Crippen LogP contribution in [0.2, 0.25) is 0 Å². The van der Waals surface area contributed by atoms with Gasteiger partial charge in [-0.2, -0.15) is 0 Å². The van der Waals surface area contributed by atoms with Gasteiger partial charge in [-0.1, -0.05) is 30.3 Å². The van der Waals surface area contributed by atoms with E-state index < -0.39 is 0 Å². The Morgan fingerprint density at radius 2 is 1.80 bits per heavy atom. The van der Waals surface area contributed by atoms with Crippen molar-refractivity contribution in [1.29, 1.82) is 0 Å². The molecule has 0 atom stereocenters. The van der Waals surface area contributed by atoms with E-state index in [1.54, 1.807) is 0 Å². The van der Waals surface area contributed by atoms with E-state index in [0.717, 1.165) is 6.54 Å². The van der Waals surface area contributed by atoms with Crippen molar-refractivity contribution in [3.8, 4) is 0 Å². The molecular formula is C13H21N2+. The molecule has 2 nitrogen and oxygen atoms in total. The third-order valence-corrected chi connectivity index (χ3v) is 2.09. The van der Waals surface area contributed by atoms with Crippen LogP contribution in [-0.2, 0) is 0 Å². The van der Waals surface area contributed by atoms with Crippen LogP contribution in [-0.4, -0.2) is 39.6 Å². The van der Waals surface area contributed by atoms with Crippen molar-refractivity contribution in [2.45, 2.75) is 0 Å². The lowest BCUT2D eigenvalue weighted by Crippen LogP contribution is -3.00. The number of nitrogens with one attached hydrogen (secondary N) is 1. The Hall–Kier alpha value is -1.12. The molecule has 15 heavy (non-hydrogen) atoms. The van der Waals surface area contributed by atoms with Crippen molar-refractivity contribution in [1.82, 2.24) is 4.90 Å². The molecule has 0 heterocycles. The summed E-state index contributed by atoms with van der Waals surface area (Å²) in [4.78, 5) is 3.54. The lowest BCUT2D eigenvalue weighted by molar-refractivity contribution is -0.800. The summed E-state index contributed by atoms with van der Waals surface area (Å²) in [5.74, 6) is 0. The van der Waals surface area contributed by atoms with Crippen LogP contribution in [0.3, 0.4) is 0 Å². The zero-order valence-corrected chi connectivity index (χ0v) is 10.1. The zero-order chi connectivity index (χ0) is 11.3. The maximum atomic E-state index is 2.26. The molecule has 0 radical (unpaired) electrons. The van der Waals surface area contributed by atoms with Crippen LogP contribution < -0.4 is 4.90 Å². The Labute approximate surface area is 92.8 Å². The van der Waals surface area contributed by atoms with Gasteiger partial charge in [-0.3, -0.25) is 0 Å². The molecule has 2 heteroatoms. The van der Waals surface area contributed by atoms with E-state index in [2.05, 4.69) is 69.6 Å². The minimum Gasteiger partial charge on any atom is -0.313 e. The summed E-state index contributed by atoms with van der Waals surface area (Å²) in [6, 6.07) is 10.6. The topological polar surface area (TPSA) is 7.68 Å². The highest BCUT2D eigenvalue weighted by Gasteiger charge is 2.05. The van der Waals surface area contributed by atoms with Gasteiger partial charge in [0.1, 0.15) is 0 Å². The van der Waals surface area contributed by atoms with Gasteiger partial charge in [-0.15, -0.1) is 0 Å². The molecule has 0 saturated heterocycles. The molecule has 0 aliphatic heterocycles. The van der Waals surface area contributed by atoms with E-state index in [1.807, 2.05) is 0 Å². The van der Waals surface area contributed by atoms with Gasteiger partial charge in [0.2, 0.25) is 0 Å². The molecular weight excluding hydrogens is 184 g/mol. The SMILES string of the molecule is CN(C)C/C(=C/[NH+](C)C)c1ccccc1. The van der Waals surface area contributed by atoms with Crippen LogP contribution in [0.15, 0.2) is 36.5 Å². The molecule has 0 aromatic heterocycles.